The van der Waals surface area contributed by atoms with E-state index in [0.29, 0.717) is 25.8 Å². The highest BCUT2D eigenvalue weighted by Crippen LogP contribution is 2.40. The lowest BCUT2D eigenvalue weighted by Gasteiger charge is -2.36. The van der Waals surface area contributed by atoms with Gasteiger partial charge in [0.1, 0.15) is 0 Å². The molecule has 110 valence electrons. The molecule has 1 N–H and O–H groups in total. The third-order valence-corrected chi connectivity index (χ3v) is 4.19. The minimum atomic E-state index is -4.19. The maximum Gasteiger partial charge on any atom is 0.391 e. The molecule has 19 heavy (non-hydrogen) atoms. The Morgan fingerprint density at radius 2 is 1.89 bits per heavy atom. The summed E-state index contributed by atoms with van der Waals surface area (Å²) in [7, 11) is 0. The van der Waals surface area contributed by atoms with Crippen molar-refractivity contribution < 1.29 is 23.1 Å². The quantitative estimate of drug-likeness (QED) is 0.800. The zero-order chi connectivity index (χ0) is 14.0. The number of amides is 1. The van der Waals surface area contributed by atoms with E-state index in [4.69, 9.17) is 0 Å². The molecule has 6 heteroatoms. The van der Waals surface area contributed by atoms with Crippen molar-refractivity contribution in [2.24, 2.45) is 11.8 Å². The molecule has 1 heterocycles. The highest BCUT2D eigenvalue weighted by atomic mass is 19.4. The molecule has 2 aliphatic rings. The summed E-state index contributed by atoms with van der Waals surface area (Å²) in [6.07, 6.45) is -2.29. The Kier molecular flexibility index (Phi) is 4.38. The van der Waals surface area contributed by atoms with Crippen molar-refractivity contribution in [3.8, 4) is 0 Å². The Bertz CT molecular complexity index is 332. The van der Waals surface area contributed by atoms with Gasteiger partial charge in [0.25, 0.3) is 0 Å². The summed E-state index contributed by atoms with van der Waals surface area (Å²) >= 11 is 0. The predicted octanol–water partition coefficient (Wildman–Crippen LogP) is 2.34. The number of carbonyl (C=O) groups excluding carboxylic acids is 1. The second-order valence-corrected chi connectivity index (χ2v) is 5.68. The Balaban J connectivity index is 1.95. The molecule has 0 aromatic heterocycles. The largest absolute Gasteiger partial charge is 0.391 e. The van der Waals surface area contributed by atoms with Crippen molar-refractivity contribution in [3.63, 3.8) is 0 Å². The molecule has 1 amide bonds. The summed E-state index contributed by atoms with van der Waals surface area (Å²) in [6.45, 7) is 0.828. The van der Waals surface area contributed by atoms with Crippen LogP contribution in [-0.2, 0) is 4.79 Å². The minimum Gasteiger partial charge on any atom is -0.391 e. The average molecular weight is 279 g/mol. The van der Waals surface area contributed by atoms with E-state index < -0.39 is 24.1 Å². The summed E-state index contributed by atoms with van der Waals surface area (Å²) in [5, 5.41) is 9.53. The van der Waals surface area contributed by atoms with Crippen LogP contribution in [0, 0.1) is 11.8 Å². The van der Waals surface area contributed by atoms with E-state index in [1.54, 1.807) is 0 Å². The predicted molar refractivity (Wildman–Crippen MR) is 63.3 cm³/mol. The summed E-state index contributed by atoms with van der Waals surface area (Å²) in [5.41, 5.74) is 0. The number of carbonyl (C=O) groups is 1. The third-order valence-electron chi connectivity index (χ3n) is 4.19. The van der Waals surface area contributed by atoms with Crippen molar-refractivity contribution in [1.82, 2.24) is 4.90 Å². The smallest absolute Gasteiger partial charge is 0.391 e. The van der Waals surface area contributed by atoms with Crippen LogP contribution in [0.2, 0.25) is 0 Å². The van der Waals surface area contributed by atoms with E-state index in [1.807, 2.05) is 0 Å². The Hall–Kier alpha value is -0.780. The van der Waals surface area contributed by atoms with E-state index >= 15 is 0 Å². The number of aliphatic hydroxyl groups is 1. The Morgan fingerprint density at radius 1 is 1.16 bits per heavy atom. The van der Waals surface area contributed by atoms with Gasteiger partial charge in [0.05, 0.1) is 12.0 Å². The fourth-order valence-electron chi connectivity index (χ4n) is 3.12. The van der Waals surface area contributed by atoms with Gasteiger partial charge in [-0.3, -0.25) is 4.79 Å². The number of likely N-dealkylation sites (tertiary alicyclic amines) is 1. The number of hydrogen-bond acceptors (Lipinski definition) is 2. The monoisotopic (exact) mass is 279 g/mol. The maximum absolute atomic E-state index is 12.7. The molecule has 3 unspecified atom stereocenters. The fourth-order valence-corrected chi connectivity index (χ4v) is 3.12. The Labute approximate surface area is 110 Å². The molecule has 1 aliphatic heterocycles. The van der Waals surface area contributed by atoms with E-state index in [0.717, 1.165) is 6.42 Å². The minimum absolute atomic E-state index is 0.0884. The molecular formula is C13H20F3NO2. The lowest BCUT2D eigenvalue weighted by atomic mass is 9.80. The SMILES string of the molecule is O=C(C1CCCC(C(F)(F)F)C1)N1CCCC(O)C1. The summed E-state index contributed by atoms with van der Waals surface area (Å²) in [5.74, 6) is -2.07. The van der Waals surface area contributed by atoms with Gasteiger partial charge in [-0.05, 0) is 32.1 Å². The molecule has 2 rings (SSSR count). The number of hydrogen-bond donors (Lipinski definition) is 1. The molecule has 3 nitrogen and oxygen atoms in total. The summed E-state index contributed by atoms with van der Waals surface area (Å²) in [6, 6.07) is 0. The number of piperidine rings is 1. The molecule has 0 radical (unpaired) electrons. The lowest BCUT2D eigenvalue weighted by Crippen LogP contribution is -2.46. The van der Waals surface area contributed by atoms with Crippen LogP contribution >= 0.6 is 0 Å². The molecule has 0 spiro atoms. The van der Waals surface area contributed by atoms with E-state index in [9.17, 15) is 23.1 Å². The Morgan fingerprint density at radius 3 is 2.53 bits per heavy atom. The molecule has 1 saturated heterocycles. The molecular weight excluding hydrogens is 259 g/mol. The number of aliphatic hydroxyl groups excluding tert-OH is 1. The second kappa shape index (κ2) is 5.69. The van der Waals surface area contributed by atoms with Crippen LogP contribution in [0.3, 0.4) is 0 Å². The van der Waals surface area contributed by atoms with Gasteiger partial charge < -0.3 is 10.0 Å². The van der Waals surface area contributed by atoms with Gasteiger partial charge in [0, 0.05) is 19.0 Å². The van der Waals surface area contributed by atoms with Crippen molar-refractivity contribution in [3.05, 3.63) is 0 Å². The summed E-state index contributed by atoms with van der Waals surface area (Å²) in [4.78, 5) is 13.8. The van der Waals surface area contributed by atoms with Gasteiger partial charge in [-0.15, -0.1) is 0 Å². The molecule has 1 aliphatic carbocycles. The van der Waals surface area contributed by atoms with E-state index in [2.05, 4.69) is 0 Å². The van der Waals surface area contributed by atoms with Crippen LogP contribution in [0.5, 0.6) is 0 Å². The van der Waals surface area contributed by atoms with Crippen molar-refractivity contribution in [1.29, 1.82) is 0 Å². The number of rotatable bonds is 1. The first-order valence-corrected chi connectivity index (χ1v) is 6.91. The first kappa shape index (κ1) is 14.6. The number of nitrogens with zero attached hydrogens (tertiary/aromatic N) is 1. The normalized spacial score (nSPS) is 33.3. The average Bonchev–Trinajstić information content (AvgIpc) is 2.37. The first-order chi connectivity index (χ1) is 8.88. The fraction of sp³-hybridized carbons (Fsp3) is 0.923. The van der Waals surface area contributed by atoms with Gasteiger partial charge in [-0.25, -0.2) is 0 Å². The highest BCUT2D eigenvalue weighted by Gasteiger charge is 2.44. The molecule has 3 atom stereocenters. The first-order valence-electron chi connectivity index (χ1n) is 6.91. The van der Waals surface area contributed by atoms with Crippen molar-refractivity contribution >= 4 is 5.91 Å². The molecule has 0 aromatic carbocycles. The van der Waals surface area contributed by atoms with Crippen LogP contribution in [0.15, 0.2) is 0 Å². The summed E-state index contributed by atoms with van der Waals surface area (Å²) < 4.78 is 38.2. The van der Waals surface area contributed by atoms with Gasteiger partial charge in [-0.1, -0.05) is 6.42 Å². The highest BCUT2D eigenvalue weighted by molar-refractivity contribution is 5.79. The van der Waals surface area contributed by atoms with Gasteiger partial charge in [-0.2, -0.15) is 13.2 Å². The van der Waals surface area contributed by atoms with Gasteiger partial charge in [0.15, 0.2) is 0 Å². The number of β-amino-alcohol motifs (C(OH)–C–C–N with tert-alkyl or cyclic N) is 1. The molecule has 0 aromatic rings. The molecule has 0 bridgehead atoms. The molecule has 1 saturated carbocycles. The van der Waals surface area contributed by atoms with Crippen molar-refractivity contribution in [2.45, 2.75) is 50.8 Å². The number of halogens is 3. The number of alkyl halides is 3. The second-order valence-electron chi connectivity index (χ2n) is 5.68. The van der Waals surface area contributed by atoms with Crippen LogP contribution in [0.25, 0.3) is 0 Å². The van der Waals surface area contributed by atoms with Crippen molar-refractivity contribution in [2.75, 3.05) is 13.1 Å². The van der Waals surface area contributed by atoms with Crippen LogP contribution in [0.1, 0.15) is 38.5 Å². The maximum atomic E-state index is 12.7. The van der Waals surface area contributed by atoms with Gasteiger partial charge in [0.2, 0.25) is 5.91 Å². The van der Waals surface area contributed by atoms with Crippen LogP contribution in [-0.4, -0.2) is 41.3 Å². The van der Waals surface area contributed by atoms with Gasteiger partial charge >= 0.3 is 6.18 Å². The van der Waals surface area contributed by atoms with Crippen LogP contribution < -0.4 is 0 Å². The van der Waals surface area contributed by atoms with Crippen LogP contribution in [0.4, 0.5) is 13.2 Å². The lowest BCUT2D eigenvalue weighted by molar-refractivity contribution is -0.187. The topological polar surface area (TPSA) is 40.5 Å². The third kappa shape index (κ3) is 3.61. The molecule has 2 fully saturated rings. The van der Waals surface area contributed by atoms with E-state index in [-0.39, 0.29) is 25.3 Å². The standard InChI is InChI=1S/C13H20F3NO2/c14-13(15,16)10-4-1-3-9(7-10)12(19)17-6-2-5-11(18)8-17/h9-11,18H,1-8H2. The van der Waals surface area contributed by atoms with E-state index in [1.165, 1.54) is 4.90 Å². The zero-order valence-electron chi connectivity index (χ0n) is 10.8. The zero-order valence-corrected chi connectivity index (χ0v) is 10.8.